The fourth-order valence-corrected chi connectivity index (χ4v) is 4.95. The van der Waals surface area contributed by atoms with Crippen molar-refractivity contribution in [2.24, 2.45) is 0 Å². The number of rotatable bonds is 6. The van der Waals surface area contributed by atoms with Gasteiger partial charge in [-0.25, -0.2) is 4.79 Å². The van der Waals surface area contributed by atoms with E-state index in [9.17, 15) is 14.7 Å². The van der Waals surface area contributed by atoms with Crippen molar-refractivity contribution >= 4 is 28.9 Å². The molecule has 0 fully saturated rings. The molecule has 4 rings (SSSR count). The zero-order valence-electron chi connectivity index (χ0n) is 16.6. The van der Waals surface area contributed by atoms with Crippen LogP contribution in [-0.4, -0.2) is 30.7 Å². The van der Waals surface area contributed by atoms with Crippen LogP contribution < -0.4 is 14.8 Å². The van der Waals surface area contributed by atoms with E-state index in [-0.39, 0.29) is 23.1 Å². The lowest BCUT2D eigenvalue weighted by molar-refractivity contribution is -0.116. The average Bonchev–Trinajstić information content (AvgIpc) is 3.13. The Bertz CT molecular complexity index is 1090. The molecule has 0 bridgehead atoms. The minimum atomic E-state index is -1.01. The van der Waals surface area contributed by atoms with E-state index in [0.717, 1.165) is 21.8 Å². The van der Waals surface area contributed by atoms with E-state index in [1.54, 1.807) is 31.4 Å². The van der Waals surface area contributed by atoms with Crippen molar-refractivity contribution in [2.75, 3.05) is 19.0 Å². The lowest BCUT2D eigenvalue weighted by atomic mass is 9.88. The Morgan fingerprint density at radius 3 is 2.40 bits per heavy atom. The molecule has 0 spiro atoms. The number of hydrogen-bond donors (Lipinski definition) is 2. The number of carboxylic acids is 1. The number of ether oxygens (including phenoxy) is 2. The zero-order valence-corrected chi connectivity index (χ0v) is 17.4. The highest BCUT2D eigenvalue weighted by Crippen LogP contribution is 2.49. The summed E-state index contributed by atoms with van der Waals surface area (Å²) in [6.45, 7) is 2.50. The molecule has 1 atom stereocenters. The lowest BCUT2D eigenvalue weighted by Crippen LogP contribution is -2.22. The van der Waals surface area contributed by atoms with Gasteiger partial charge in [-0.05, 0) is 42.3 Å². The summed E-state index contributed by atoms with van der Waals surface area (Å²) in [5.74, 6) is 0.0828. The first kappa shape index (κ1) is 20.0. The largest absolute Gasteiger partial charge is 0.497 e. The van der Waals surface area contributed by atoms with E-state index in [1.165, 1.54) is 11.3 Å². The molecule has 0 saturated heterocycles. The van der Waals surface area contributed by atoms with Crippen LogP contribution in [0.25, 0.3) is 11.1 Å². The molecular formula is C23H21NO5S. The van der Waals surface area contributed by atoms with Crippen LogP contribution in [0.15, 0.2) is 48.5 Å². The number of hydrogen-bond acceptors (Lipinski definition) is 5. The van der Waals surface area contributed by atoms with Crippen molar-refractivity contribution in [1.82, 2.24) is 0 Å². The molecule has 1 amide bonds. The van der Waals surface area contributed by atoms with E-state index in [0.29, 0.717) is 23.6 Å². The number of amides is 1. The minimum absolute atomic E-state index is 0.133. The van der Waals surface area contributed by atoms with Crippen LogP contribution in [-0.2, 0) is 4.79 Å². The highest BCUT2D eigenvalue weighted by Gasteiger charge is 2.34. The molecule has 6 nitrogen and oxygen atoms in total. The molecule has 0 aliphatic carbocycles. The predicted octanol–water partition coefficient (Wildman–Crippen LogP) is 4.99. The Kier molecular flexibility index (Phi) is 5.46. The number of benzene rings is 2. The van der Waals surface area contributed by atoms with Gasteiger partial charge in [0, 0.05) is 22.8 Å². The van der Waals surface area contributed by atoms with Gasteiger partial charge in [-0.3, -0.25) is 4.79 Å². The Hall–Kier alpha value is -3.32. The predicted molar refractivity (Wildman–Crippen MR) is 116 cm³/mol. The number of anilines is 1. The van der Waals surface area contributed by atoms with Crippen LogP contribution in [0, 0.1) is 0 Å². The summed E-state index contributed by atoms with van der Waals surface area (Å²) in [6, 6.07) is 14.8. The van der Waals surface area contributed by atoms with Gasteiger partial charge in [-0.1, -0.05) is 24.3 Å². The number of carboxylic acid groups (broad SMARTS) is 1. The second-order valence-corrected chi connectivity index (χ2v) is 7.94. The van der Waals surface area contributed by atoms with Crippen molar-refractivity contribution in [3.8, 4) is 22.6 Å². The number of carbonyl (C=O) groups excluding carboxylic acids is 1. The zero-order chi connectivity index (χ0) is 21.3. The molecular weight excluding hydrogens is 402 g/mol. The maximum absolute atomic E-state index is 12.5. The number of fused-ring (bicyclic) bond motifs is 1. The first-order valence-electron chi connectivity index (χ1n) is 9.58. The van der Waals surface area contributed by atoms with E-state index in [1.807, 2.05) is 31.2 Å². The summed E-state index contributed by atoms with van der Waals surface area (Å²) in [4.78, 5) is 25.6. The number of aromatic carboxylic acids is 1. The van der Waals surface area contributed by atoms with Crippen LogP contribution in [0.3, 0.4) is 0 Å². The van der Waals surface area contributed by atoms with Gasteiger partial charge in [-0.15, -0.1) is 11.3 Å². The maximum Gasteiger partial charge on any atom is 0.346 e. The second kappa shape index (κ2) is 8.20. The van der Waals surface area contributed by atoms with E-state index in [4.69, 9.17) is 9.47 Å². The average molecular weight is 423 g/mol. The Morgan fingerprint density at radius 1 is 1.13 bits per heavy atom. The molecule has 2 N–H and O–H groups in total. The summed E-state index contributed by atoms with van der Waals surface area (Å²) in [7, 11) is 1.58. The standard InChI is InChI=1S/C23H21NO5S/c1-3-29-16-10-4-13(5-11-16)17-12-18(25)24-20-19(22(23(26)27)30-21(17)20)14-6-8-15(28-2)9-7-14/h4-11,17H,3,12H2,1-2H3,(H,24,25)(H,26,27). The van der Waals surface area contributed by atoms with Gasteiger partial charge in [0.1, 0.15) is 16.4 Å². The second-order valence-electron chi connectivity index (χ2n) is 6.89. The summed E-state index contributed by atoms with van der Waals surface area (Å²) < 4.78 is 10.7. The van der Waals surface area contributed by atoms with E-state index in [2.05, 4.69) is 5.32 Å². The van der Waals surface area contributed by atoms with Crippen LogP contribution >= 0.6 is 11.3 Å². The first-order chi connectivity index (χ1) is 14.5. The molecule has 3 aromatic rings. The molecule has 0 radical (unpaired) electrons. The van der Waals surface area contributed by atoms with Gasteiger partial charge in [0.15, 0.2) is 0 Å². The van der Waals surface area contributed by atoms with Gasteiger partial charge in [0.25, 0.3) is 0 Å². The van der Waals surface area contributed by atoms with Gasteiger partial charge >= 0.3 is 5.97 Å². The smallest absolute Gasteiger partial charge is 0.346 e. The molecule has 1 aromatic heterocycles. The van der Waals surface area contributed by atoms with E-state index < -0.39 is 5.97 Å². The fourth-order valence-electron chi connectivity index (χ4n) is 3.70. The fraction of sp³-hybridized carbons (Fsp3) is 0.217. The van der Waals surface area contributed by atoms with Crippen LogP contribution in [0.5, 0.6) is 11.5 Å². The highest BCUT2D eigenvalue weighted by atomic mass is 32.1. The SMILES string of the molecule is CCOc1ccc(C2CC(=O)Nc3c2sc(C(=O)O)c3-c2ccc(OC)cc2)cc1. The number of methoxy groups -OCH3 is 1. The van der Waals surface area contributed by atoms with Crippen LogP contribution in [0.2, 0.25) is 0 Å². The van der Waals surface area contributed by atoms with Gasteiger partial charge in [-0.2, -0.15) is 0 Å². The monoisotopic (exact) mass is 423 g/mol. The third kappa shape index (κ3) is 3.64. The van der Waals surface area contributed by atoms with E-state index >= 15 is 0 Å². The molecule has 1 aliphatic heterocycles. The Balaban J connectivity index is 1.83. The van der Waals surface area contributed by atoms with Crippen LogP contribution in [0.1, 0.15) is 39.4 Å². The molecule has 2 heterocycles. The van der Waals surface area contributed by atoms with Crippen LogP contribution in [0.4, 0.5) is 5.69 Å². The molecule has 2 aromatic carbocycles. The Morgan fingerprint density at radius 2 is 1.80 bits per heavy atom. The van der Waals surface area contributed by atoms with Gasteiger partial charge < -0.3 is 19.9 Å². The summed E-state index contributed by atoms with van der Waals surface area (Å²) in [5.41, 5.74) is 2.79. The normalized spacial score (nSPS) is 15.3. The summed E-state index contributed by atoms with van der Waals surface area (Å²) in [6.07, 6.45) is 0.266. The number of carbonyl (C=O) groups is 2. The van der Waals surface area contributed by atoms with Crippen molar-refractivity contribution < 1.29 is 24.2 Å². The molecule has 1 unspecified atom stereocenters. The van der Waals surface area contributed by atoms with Crippen molar-refractivity contribution in [3.63, 3.8) is 0 Å². The first-order valence-corrected chi connectivity index (χ1v) is 10.4. The molecule has 7 heteroatoms. The maximum atomic E-state index is 12.5. The van der Waals surface area contributed by atoms with Gasteiger partial charge in [0.2, 0.25) is 5.91 Å². The summed E-state index contributed by atoms with van der Waals surface area (Å²) in [5, 5.41) is 12.8. The summed E-state index contributed by atoms with van der Waals surface area (Å²) >= 11 is 1.22. The number of thiophene rings is 1. The van der Waals surface area contributed by atoms with Gasteiger partial charge in [0.05, 0.1) is 19.4 Å². The number of nitrogens with one attached hydrogen (secondary N) is 1. The van der Waals surface area contributed by atoms with Crippen molar-refractivity contribution in [2.45, 2.75) is 19.3 Å². The molecule has 154 valence electrons. The molecule has 0 saturated carbocycles. The quantitative estimate of drug-likeness (QED) is 0.583. The minimum Gasteiger partial charge on any atom is -0.497 e. The highest BCUT2D eigenvalue weighted by molar-refractivity contribution is 7.15. The third-order valence-electron chi connectivity index (χ3n) is 5.07. The van der Waals surface area contributed by atoms with Crippen molar-refractivity contribution in [1.29, 1.82) is 0 Å². The molecule has 30 heavy (non-hydrogen) atoms. The lowest BCUT2D eigenvalue weighted by Gasteiger charge is -2.24. The Labute approximate surface area is 178 Å². The molecule has 1 aliphatic rings. The third-order valence-corrected chi connectivity index (χ3v) is 6.36. The van der Waals surface area contributed by atoms with Crippen molar-refractivity contribution in [3.05, 3.63) is 63.8 Å². The topological polar surface area (TPSA) is 84.9 Å².